The second-order valence-corrected chi connectivity index (χ2v) is 3.74. The second kappa shape index (κ2) is 4.85. The molecule has 0 aliphatic rings. The SMILES string of the molecule is C=C(C)C[C@H](N)c1ccc(F)c([N+](=O)[O-])c1. The van der Waals surface area contributed by atoms with Crippen molar-refractivity contribution < 1.29 is 9.31 Å². The van der Waals surface area contributed by atoms with Crippen molar-refractivity contribution in [3.63, 3.8) is 0 Å². The van der Waals surface area contributed by atoms with Gasteiger partial charge < -0.3 is 5.73 Å². The Kier molecular flexibility index (Phi) is 3.73. The lowest BCUT2D eigenvalue weighted by Crippen LogP contribution is -2.11. The number of nitro benzene ring substituents is 1. The van der Waals surface area contributed by atoms with Gasteiger partial charge in [-0.1, -0.05) is 11.6 Å². The lowest BCUT2D eigenvalue weighted by molar-refractivity contribution is -0.387. The van der Waals surface area contributed by atoms with Crippen molar-refractivity contribution in [2.75, 3.05) is 0 Å². The number of hydrogen-bond donors (Lipinski definition) is 1. The molecule has 0 heterocycles. The highest BCUT2D eigenvalue weighted by Gasteiger charge is 2.16. The minimum absolute atomic E-state index is 0.392. The van der Waals surface area contributed by atoms with E-state index in [1.165, 1.54) is 12.1 Å². The average molecular weight is 224 g/mol. The largest absolute Gasteiger partial charge is 0.324 e. The first kappa shape index (κ1) is 12.3. The fourth-order valence-corrected chi connectivity index (χ4v) is 1.39. The van der Waals surface area contributed by atoms with Crippen molar-refractivity contribution in [2.45, 2.75) is 19.4 Å². The molecule has 0 bridgehead atoms. The zero-order valence-electron chi connectivity index (χ0n) is 8.94. The Morgan fingerprint density at radius 1 is 1.69 bits per heavy atom. The lowest BCUT2D eigenvalue weighted by atomic mass is 10.0. The predicted molar refractivity (Wildman–Crippen MR) is 59.4 cm³/mol. The van der Waals surface area contributed by atoms with Crippen LogP contribution in [0.1, 0.15) is 24.9 Å². The number of nitrogens with two attached hydrogens (primary N) is 1. The van der Waals surface area contributed by atoms with Crippen LogP contribution in [0.4, 0.5) is 10.1 Å². The Balaban J connectivity index is 3.02. The van der Waals surface area contributed by atoms with Crippen LogP contribution in [0.3, 0.4) is 0 Å². The fourth-order valence-electron chi connectivity index (χ4n) is 1.39. The molecule has 0 unspecified atom stereocenters. The van der Waals surface area contributed by atoms with Gasteiger partial charge >= 0.3 is 5.69 Å². The van der Waals surface area contributed by atoms with Gasteiger partial charge in [-0.05, 0) is 25.0 Å². The summed E-state index contributed by atoms with van der Waals surface area (Å²) in [6.07, 6.45) is 0.517. The van der Waals surface area contributed by atoms with Crippen LogP contribution in [-0.2, 0) is 0 Å². The topological polar surface area (TPSA) is 69.2 Å². The summed E-state index contributed by atoms with van der Waals surface area (Å²) in [5.74, 6) is -0.851. The minimum Gasteiger partial charge on any atom is -0.324 e. The zero-order valence-corrected chi connectivity index (χ0v) is 8.94. The van der Waals surface area contributed by atoms with E-state index >= 15 is 0 Å². The summed E-state index contributed by atoms with van der Waals surface area (Å²) >= 11 is 0. The average Bonchev–Trinajstić information content (AvgIpc) is 2.16. The van der Waals surface area contributed by atoms with Crippen LogP contribution in [0.15, 0.2) is 30.4 Å². The third-order valence-electron chi connectivity index (χ3n) is 2.16. The summed E-state index contributed by atoms with van der Waals surface area (Å²) in [5, 5.41) is 10.5. The molecule has 0 aliphatic carbocycles. The molecular formula is C11H13FN2O2. The molecule has 1 aromatic rings. The molecule has 2 N–H and O–H groups in total. The number of nitrogens with zero attached hydrogens (tertiary/aromatic N) is 1. The Hall–Kier alpha value is -1.75. The monoisotopic (exact) mass is 224 g/mol. The molecule has 1 rings (SSSR count). The van der Waals surface area contributed by atoms with E-state index in [-0.39, 0.29) is 0 Å². The van der Waals surface area contributed by atoms with Gasteiger partial charge in [0, 0.05) is 12.1 Å². The van der Waals surface area contributed by atoms with Crippen LogP contribution in [0.2, 0.25) is 0 Å². The van der Waals surface area contributed by atoms with Crippen molar-refractivity contribution in [2.24, 2.45) is 5.73 Å². The highest BCUT2D eigenvalue weighted by molar-refractivity contribution is 5.37. The van der Waals surface area contributed by atoms with E-state index in [9.17, 15) is 14.5 Å². The van der Waals surface area contributed by atoms with Gasteiger partial charge in [-0.2, -0.15) is 4.39 Å². The number of hydrogen-bond acceptors (Lipinski definition) is 3. The van der Waals surface area contributed by atoms with Gasteiger partial charge in [0.1, 0.15) is 0 Å². The van der Waals surface area contributed by atoms with Gasteiger partial charge in [0.2, 0.25) is 5.82 Å². The first-order valence-electron chi connectivity index (χ1n) is 4.75. The van der Waals surface area contributed by atoms with Gasteiger partial charge in [-0.15, -0.1) is 6.58 Å². The third-order valence-corrected chi connectivity index (χ3v) is 2.16. The summed E-state index contributed by atoms with van der Waals surface area (Å²) in [7, 11) is 0. The summed E-state index contributed by atoms with van der Waals surface area (Å²) in [5.41, 5.74) is 6.68. The van der Waals surface area contributed by atoms with Crippen LogP contribution >= 0.6 is 0 Å². The van der Waals surface area contributed by atoms with Crippen molar-refractivity contribution in [3.8, 4) is 0 Å². The van der Waals surface area contributed by atoms with Crippen LogP contribution in [0, 0.1) is 15.9 Å². The van der Waals surface area contributed by atoms with Crippen molar-refractivity contribution in [3.05, 3.63) is 51.8 Å². The Morgan fingerprint density at radius 3 is 2.81 bits per heavy atom. The maximum atomic E-state index is 13.0. The summed E-state index contributed by atoms with van der Waals surface area (Å²) < 4.78 is 13.0. The summed E-state index contributed by atoms with van der Waals surface area (Å²) in [6, 6.07) is 3.29. The molecule has 1 aromatic carbocycles. The molecule has 4 nitrogen and oxygen atoms in total. The molecule has 0 fully saturated rings. The highest BCUT2D eigenvalue weighted by atomic mass is 19.1. The number of nitro groups is 1. The van der Waals surface area contributed by atoms with Gasteiger partial charge in [0.05, 0.1) is 4.92 Å². The molecule has 0 aliphatic heterocycles. The molecule has 0 amide bonds. The molecule has 5 heteroatoms. The summed E-state index contributed by atoms with van der Waals surface area (Å²) in [6.45, 7) is 5.53. The predicted octanol–water partition coefficient (Wildman–Crippen LogP) is 2.70. The second-order valence-electron chi connectivity index (χ2n) is 3.74. The minimum atomic E-state index is -0.851. The Morgan fingerprint density at radius 2 is 2.31 bits per heavy atom. The van der Waals surface area contributed by atoms with E-state index in [0.717, 1.165) is 11.6 Å². The van der Waals surface area contributed by atoms with Crippen LogP contribution in [-0.4, -0.2) is 4.92 Å². The Labute approximate surface area is 92.7 Å². The molecule has 0 saturated heterocycles. The lowest BCUT2D eigenvalue weighted by Gasteiger charge is -2.11. The van der Waals surface area contributed by atoms with Crippen LogP contribution in [0.5, 0.6) is 0 Å². The summed E-state index contributed by atoms with van der Waals surface area (Å²) in [4.78, 5) is 9.77. The quantitative estimate of drug-likeness (QED) is 0.485. The van der Waals surface area contributed by atoms with E-state index < -0.39 is 22.5 Å². The number of rotatable bonds is 4. The molecule has 0 saturated carbocycles. The zero-order chi connectivity index (χ0) is 12.3. The van der Waals surface area contributed by atoms with E-state index in [0.29, 0.717) is 12.0 Å². The number of halogens is 1. The first-order valence-corrected chi connectivity index (χ1v) is 4.75. The first-order chi connectivity index (χ1) is 7.41. The van der Waals surface area contributed by atoms with E-state index in [1.54, 1.807) is 0 Å². The Bertz CT molecular complexity index is 432. The maximum Gasteiger partial charge on any atom is 0.305 e. The molecule has 0 aromatic heterocycles. The van der Waals surface area contributed by atoms with Crippen molar-refractivity contribution in [1.82, 2.24) is 0 Å². The smallest absolute Gasteiger partial charge is 0.305 e. The van der Waals surface area contributed by atoms with Crippen LogP contribution < -0.4 is 5.73 Å². The maximum absolute atomic E-state index is 13.0. The molecule has 86 valence electrons. The third kappa shape index (κ3) is 2.87. The van der Waals surface area contributed by atoms with Gasteiger partial charge in [-0.25, -0.2) is 0 Å². The molecule has 0 radical (unpaired) electrons. The van der Waals surface area contributed by atoms with Gasteiger partial charge in [0.15, 0.2) is 0 Å². The highest BCUT2D eigenvalue weighted by Crippen LogP contribution is 2.24. The van der Waals surface area contributed by atoms with Crippen molar-refractivity contribution >= 4 is 5.69 Å². The van der Waals surface area contributed by atoms with Gasteiger partial charge in [-0.3, -0.25) is 10.1 Å². The molecule has 16 heavy (non-hydrogen) atoms. The normalized spacial score (nSPS) is 12.2. The molecule has 0 spiro atoms. The number of benzene rings is 1. The standard InChI is InChI=1S/C11H13FN2O2/c1-7(2)5-10(13)8-3-4-9(12)11(6-8)14(15)16/h3-4,6,10H,1,5,13H2,2H3/t10-/m0/s1. The molecular weight excluding hydrogens is 211 g/mol. The van der Waals surface area contributed by atoms with Crippen molar-refractivity contribution in [1.29, 1.82) is 0 Å². The fraction of sp³-hybridized carbons (Fsp3) is 0.273. The van der Waals surface area contributed by atoms with Gasteiger partial charge in [0.25, 0.3) is 0 Å². The molecule has 1 atom stereocenters. The van der Waals surface area contributed by atoms with Crippen LogP contribution in [0.25, 0.3) is 0 Å². The van der Waals surface area contributed by atoms with E-state index in [1.807, 2.05) is 6.92 Å². The van der Waals surface area contributed by atoms with E-state index in [2.05, 4.69) is 6.58 Å². The van der Waals surface area contributed by atoms with E-state index in [4.69, 9.17) is 5.73 Å².